The number of hydrogen-bond acceptors (Lipinski definition) is 3. The summed E-state index contributed by atoms with van der Waals surface area (Å²) in [6, 6.07) is 4.68. The molecule has 3 N–H and O–H groups in total. The van der Waals surface area contributed by atoms with Crippen LogP contribution in [0.4, 0.5) is 5.69 Å². The van der Waals surface area contributed by atoms with Crippen LogP contribution in [0.3, 0.4) is 0 Å². The number of anilines is 1. The molecule has 1 saturated carbocycles. The molecule has 0 saturated heterocycles. The van der Waals surface area contributed by atoms with Crippen molar-refractivity contribution in [3.63, 3.8) is 0 Å². The second-order valence-corrected chi connectivity index (χ2v) is 4.91. The summed E-state index contributed by atoms with van der Waals surface area (Å²) >= 11 is 0. The van der Waals surface area contributed by atoms with Crippen molar-refractivity contribution in [2.75, 3.05) is 18.8 Å². The number of carbonyl (C=O) groups is 1. The minimum Gasteiger partial charge on any atom is -0.506 e. The van der Waals surface area contributed by atoms with Gasteiger partial charge in [-0.05, 0) is 43.9 Å². The molecule has 1 aromatic rings. The van der Waals surface area contributed by atoms with E-state index >= 15 is 0 Å². The van der Waals surface area contributed by atoms with Crippen molar-refractivity contribution in [2.24, 2.45) is 5.92 Å². The Morgan fingerprint density at radius 1 is 1.50 bits per heavy atom. The third kappa shape index (κ3) is 2.58. The zero-order chi connectivity index (χ0) is 13.1. The van der Waals surface area contributed by atoms with Crippen LogP contribution in [-0.4, -0.2) is 29.0 Å². The lowest BCUT2D eigenvalue weighted by Crippen LogP contribution is -2.37. The van der Waals surface area contributed by atoms with E-state index in [0.29, 0.717) is 23.7 Å². The van der Waals surface area contributed by atoms with Crippen LogP contribution < -0.4 is 5.73 Å². The SMILES string of the molecule is CCN(CC1CCC1)C(=O)c1ccc(N)c(O)c1. The van der Waals surface area contributed by atoms with Crippen LogP contribution in [0.2, 0.25) is 0 Å². The van der Waals surface area contributed by atoms with E-state index < -0.39 is 0 Å². The molecule has 0 aliphatic heterocycles. The number of benzene rings is 1. The van der Waals surface area contributed by atoms with Crippen molar-refractivity contribution in [3.8, 4) is 5.75 Å². The minimum absolute atomic E-state index is 0.0273. The third-order valence-corrected chi connectivity index (χ3v) is 3.65. The molecule has 18 heavy (non-hydrogen) atoms. The second kappa shape index (κ2) is 5.29. The van der Waals surface area contributed by atoms with Crippen LogP contribution in [0.5, 0.6) is 5.75 Å². The summed E-state index contributed by atoms with van der Waals surface area (Å²) < 4.78 is 0. The summed E-state index contributed by atoms with van der Waals surface area (Å²) in [7, 11) is 0. The molecule has 0 radical (unpaired) electrons. The van der Waals surface area contributed by atoms with E-state index in [9.17, 15) is 9.90 Å². The predicted octanol–water partition coefficient (Wildman–Crippen LogP) is 2.24. The molecule has 1 aliphatic carbocycles. The normalized spacial score (nSPS) is 15.2. The van der Waals surface area contributed by atoms with Gasteiger partial charge in [-0.25, -0.2) is 0 Å². The van der Waals surface area contributed by atoms with Crippen molar-refractivity contribution < 1.29 is 9.90 Å². The number of amides is 1. The minimum atomic E-state index is -0.0281. The summed E-state index contributed by atoms with van der Waals surface area (Å²) in [6.07, 6.45) is 3.71. The van der Waals surface area contributed by atoms with Crippen LogP contribution in [-0.2, 0) is 0 Å². The van der Waals surface area contributed by atoms with Gasteiger partial charge in [-0.3, -0.25) is 4.79 Å². The van der Waals surface area contributed by atoms with Gasteiger partial charge in [0.15, 0.2) is 0 Å². The molecule has 0 bridgehead atoms. The molecular weight excluding hydrogens is 228 g/mol. The maximum atomic E-state index is 12.3. The van der Waals surface area contributed by atoms with Gasteiger partial charge in [-0.15, -0.1) is 0 Å². The fourth-order valence-corrected chi connectivity index (χ4v) is 2.20. The molecule has 1 amide bonds. The molecule has 98 valence electrons. The van der Waals surface area contributed by atoms with E-state index in [0.717, 1.165) is 6.54 Å². The van der Waals surface area contributed by atoms with E-state index in [1.165, 1.54) is 25.3 Å². The summed E-state index contributed by atoms with van der Waals surface area (Å²) in [6.45, 7) is 3.49. The fourth-order valence-electron chi connectivity index (χ4n) is 2.20. The van der Waals surface area contributed by atoms with Gasteiger partial charge < -0.3 is 15.7 Å². The highest BCUT2D eigenvalue weighted by atomic mass is 16.3. The van der Waals surface area contributed by atoms with Gasteiger partial charge in [-0.1, -0.05) is 6.42 Å². The molecule has 0 aromatic heterocycles. The third-order valence-electron chi connectivity index (χ3n) is 3.65. The van der Waals surface area contributed by atoms with Crippen molar-refractivity contribution in [2.45, 2.75) is 26.2 Å². The fraction of sp³-hybridized carbons (Fsp3) is 0.500. The Hall–Kier alpha value is -1.71. The van der Waals surface area contributed by atoms with Crippen molar-refractivity contribution in [1.82, 2.24) is 4.90 Å². The molecule has 0 heterocycles. The lowest BCUT2D eigenvalue weighted by atomic mass is 9.85. The van der Waals surface area contributed by atoms with Gasteiger partial charge >= 0.3 is 0 Å². The van der Waals surface area contributed by atoms with Crippen molar-refractivity contribution in [1.29, 1.82) is 0 Å². The van der Waals surface area contributed by atoms with Gasteiger partial charge in [-0.2, -0.15) is 0 Å². The summed E-state index contributed by atoms with van der Waals surface area (Å²) in [5.74, 6) is 0.594. The van der Waals surface area contributed by atoms with Gasteiger partial charge in [0.25, 0.3) is 5.91 Å². The first-order valence-electron chi connectivity index (χ1n) is 6.49. The standard InChI is InChI=1S/C14H20N2O2/c1-2-16(9-10-4-3-5-10)14(18)11-6-7-12(15)13(17)8-11/h6-8,10,17H,2-5,9,15H2,1H3. The first-order valence-corrected chi connectivity index (χ1v) is 6.49. The molecule has 4 nitrogen and oxygen atoms in total. The number of phenols is 1. The van der Waals surface area contributed by atoms with Crippen LogP contribution in [0, 0.1) is 5.92 Å². The lowest BCUT2D eigenvalue weighted by molar-refractivity contribution is 0.0706. The first kappa shape index (κ1) is 12.7. The number of carbonyl (C=O) groups excluding carboxylic acids is 1. The maximum Gasteiger partial charge on any atom is 0.253 e. The molecule has 1 aromatic carbocycles. The van der Waals surface area contributed by atoms with Crippen LogP contribution in [0.1, 0.15) is 36.5 Å². The Morgan fingerprint density at radius 3 is 2.72 bits per heavy atom. The zero-order valence-electron chi connectivity index (χ0n) is 10.7. The average molecular weight is 248 g/mol. The molecule has 0 spiro atoms. The number of aromatic hydroxyl groups is 1. The highest BCUT2D eigenvalue weighted by molar-refractivity contribution is 5.95. The Labute approximate surface area is 107 Å². The Bertz CT molecular complexity index is 441. The highest BCUT2D eigenvalue weighted by Crippen LogP contribution is 2.28. The Morgan fingerprint density at radius 2 is 2.22 bits per heavy atom. The van der Waals surface area contributed by atoms with E-state index in [1.54, 1.807) is 12.1 Å². The number of nitrogens with two attached hydrogens (primary N) is 1. The number of nitrogens with zero attached hydrogens (tertiary/aromatic N) is 1. The molecule has 0 atom stereocenters. The van der Waals surface area contributed by atoms with E-state index in [1.807, 2.05) is 11.8 Å². The number of hydrogen-bond donors (Lipinski definition) is 2. The van der Waals surface area contributed by atoms with Crippen LogP contribution in [0.15, 0.2) is 18.2 Å². The van der Waals surface area contributed by atoms with Gasteiger partial charge in [0, 0.05) is 18.7 Å². The zero-order valence-corrected chi connectivity index (χ0v) is 10.7. The lowest BCUT2D eigenvalue weighted by Gasteiger charge is -2.31. The molecule has 4 heteroatoms. The average Bonchev–Trinajstić information content (AvgIpc) is 2.31. The topological polar surface area (TPSA) is 66.6 Å². The largest absolute Gasteiger partial charge is 0.506 e. The summed E-state index contributed by atoms with van der Waals surface area (Å²) in [5.41, 5.74) is 6.34. The van der Waals surface area contributed by atoms with Crippen molar-refractivity contribution >= 4 is 11.6 Å². The Kier molecular flexibility index (Phi) is 3.75. The number of nitrogen functional groups attached to an aromatic ring is 1. The molecule has 1 fully saturated rings. The van der Waals surface area contributed by atoms with E-state index in [4.69, 9.17) is 5.73 Å². The number of rotatable bonds is 4. The van der Waals surface area contributed by atoms with Crippen LogP contribution in [0.25, 0.3) is 0 Å². The van der Waals surface area contributed by atoms with E-state index in [-0.39, 0.29) is 11.7 Å². The van der Waals surface area contributed by atoms with Gasteiger partial charge in [0.2, 0.25) is 0 Å². The second-order valence-electron chi connectivity index (χ2n) is 4.91. The predicted molar refractivity (Wildman–Crippen MR) is 71.4 cm³/mol. The van der Waals surface area contributed by atoms with Crippen LogP contribution >= 0.6 is 0 Å². The van der Waals surface area contributed by atoms with Gasteiger partial charge in [0.1, 0.15) is 5.75 Å². The first-order chi connectivity index (χ1) is 8.61. The van der Waals surface area contributed by atoms with Gasteiger partial charge in [0.05, 0.1) is 5.69 Å². The molecule has 0 unspecified atom stereocenters. The van der Waals surface area contributed by atoms with Crippen molar-refractivity contribution in [3.05, 3.63) is 23.8 Å². The highest BCUT2D eigenvalue weighted by Gasteiger charge is 2.23. The van der Waals surface area contributed by atoms with E-state index in [2.05, 4.69) is 0 Å². The quantitative estimate of drug-likeness (QED) is 0.634. The molecule has 1 aliphatic rings. The monoisotopic (exact) mass is 248 g/mol. The molecule has 2 rings (SSSR count). The smallest absolute Gasteiger partial charge is 0.253 e. The Balaban J connectivity index is 2.09. The molecular formula is C14H20N2O2. The maximum absolute atomic E-state index is 12.3. The summed E-state index contributed by atoms with van der Waals surface area (Å²) in [4.78, 5) is 14.1. The number of phenolic OH excluding ortho intramolecular Hbond substituents is 1. The summed E-state index contributed by atoms with van der Waals surface area (Å²) in [5, 5.41) is 9.55.